The van der Waals surface area contributed by atoms with Crippen molar-refractivity contribution in [2.45, 2.75) is 192 Å². The van der Waals surface area contributed by atoms with Crippen LogP contribution in [0.1, 0.15) is 125 Å². The number of hydrogen-bond donors (Lipinski definition) is 4. The lowest BCUT2D eigenvalue weighted by Crippen LogP contribution is -2.78. The number of esters is 3. The largest absolute Gasteiger partial charge is 0.456 e. The number of hydrogen-bond acceptors (Lipinski definition) is 16. The number of nitrogens with zero attached hydrogens (tertiary/aromatic N) is 1. The first-order valence-corrected chi connectivity index (χ1v) is 27.4. The molecule has 1 amide bonds. The Bertz CT molecular complexity index is 2440. The summed E-state index contributed by atoms with van der Waals surface area (Å²) >= 11 is 0. The Balaban J connectivity index is 1.47. The van der Waals surface area contributed by atoms with E-state index in [4.69, 9.17) is 37.6 Å². The van der Waals surface area contributed by atoms with E-state index in [9.17, 15) is 29.7 Å². The third-order valence-electron chi connectivity index (χ3n) is 16.1. The molecule has 1 unspecified atom stereocenters. The Morgan fingerprint density at radius 2 is 1.60 bits per heavy atom. The second-order valence-corrected chi connectivity index (χ2v) is 28.4. The minimum absolute atomic E-state index is 0.133. The zero-order chi connectivity index (χ0) is 54.0. The van der Waals surface area contributed by atoms with Gasteiger partial charge in [0.25, 0.3) is 0 Å². The molecule has 7 rings (SSSR count). The molecular weight excluding hydrogens is 964 g/mol. The lowest BCUT2D eigenvalue weighted by atomic mass is 9.46. The summed E-state index contributed by atoms with van der Waals surface area (Å²) in [5.74, 6) is -4.59. The monoisotopic (exact) mass is 1040 g/mol. The lowest BCUT2D eigenvalue weighted by molar-refractivity contribution is -0.317. The van der Waals surface area contributed by atoms with Crippen LogP contribution in [-0.2, 0) is 47.2 Å². The normalized spacial score (nSPS) is 31.7. The van der Waals surface area contributed by atoms with Crippen molar-refractivity contribution in [1.82, 2.24) is 10.3 Å². The molecule has 2 bridgehead atoms. The van der Waals surface area contributed by atoms with Crippen LogP contribution >= 0.6 is 0 Å². The Morgan fingerprint density at radius 1 is 0.959 bits per heavy atom. The first-order valence-electron chi connectivity index (χ1n) is 25.3. The van der Waals surface area contributed by atoms with Crippen LogP contribution in [0.2, 0.25) is 16.6 Å². The van der Waals surface area contributed by atoms with Gasteiger partial charge in [-0.2, -0.15) is 0 Å². The van der Waals surface area contributed by atoms with E-state index in [1.807, 2.05) is 48.5 Å². The fourth-order valence-electron chi connectivity index (χ4n) is 12.9. The van der Waals surface area contributed by atoms with Crippen molar-refractivity contribution in [3.8, 4) is 0 Å². The maximum absolute atomic E-state index is 16.3. The molecule has 2 aromatic rings. The highest BCUT2D eigenvalue weighted by atomic mass is 28.4. The van der Waals surface area contributed by atoms with Crippen LogP contribution in [0.25, 0.3) is 0 Å². The molecule has 17 nitrogen and oxygen atoms in total. The van der Waals surface area contributed by atoms with E-state index in [2.05, 4.69) is 10.3 Å². The van der Waals surface area contributed by atoms with Gasteiger partial charge in [-0.25, -0.2) is 18.8 Å². The number of rotatable bonds is 15. The standard InChI is InChI=1S/C54H75FN2O15Si/c1-28(2)73(29(3)4,30(5)6)72-42(40(39-34(55)21-18-24-56-39)57-49(63)71-50(9,10)11)47(62)66-36-25-54(64)45(68-46(61)33-19-16-15-17-20-33)43-52(14,23-22-37-53(43,27-65-37)70-32(8)59)44-41(38(31(36)7)51(54,12)13)67-48(69-44)35(60)26-58/h15-24,28-30,35-37,40-45,48,58,60,64H,25-27H2,1-14H3,(H,57,63)/t35?,36-,37+,40-,41+,42+,43-,44+,45-,48+,52+,53-,54+/m0/s1. The lowest BCUT2D eigenvalue weighted by Gasteiger charge is -2.66. The molecular formula is C54H75FN2O15Si. The molecule has 3 heterocycles. The summed E-state index contributed by atoms with van der Waals surface area (Å²) in [6.45, 7) is 24.3. The molecule has 19 heteroatoms. The third-order valence-corrected chi connectivity index (χ3v) is 22.2. The van der Waals surface area contributed by atoms with E-state index in [1.54, 1.807) is 84.0 Å². The van der Waals surface area contributed by atoms with Gasteiger partial charge in [-0.3, -0.25) is 9.78 Å². The molecule has 1 aromatic carbocycles. The van der Waals surface area contributed by atoms with Crippen molar-refractivity contribution in [3.05, 3.63) is 89.0 Å². The fourth-order valence-corrected chi connectivity index (χ4v) is 18.3. The first kappa shape index (κ1) is 56.1. The summed E-state index contributed by atoms with van der Waals surface area (Å²) in [6.07, 6.45) is -7.50. The van der Waals surface area contributed by atoms with Crippen LogP contribution in [0.5, 0.6) is 0 Å². The number of aliphatic hydroxyl groups is 3. The van der Waals surface area contributed by atoms with Crippen LogP contribution in [-0.4, -0.2) is 132 Å². The van der Waals surface area contributed by atoms with Gasteiger partial charge in [-0.15, -0.1) is 0 Å². The Morgan fingerprint density at radius 3 is 2.15 bits per heavy atom. The molecule has 13 atom stereocenters. The molecule has 0 radical (unpaired) electrons. The van der Waals surface area contributed by atoms with Gasteiger partial charge in [-0.05, 0) is 79.7 Å². The van der Waals surface area contributed by atoms with Crippen molar-refractivity contribution in [1.29, 1.82) is 0 Å². The molecule has 3 aliphatic carbocycles. The molecule has 1 saturated carbocycles. The number of amides is 1. The molecule has 73 heavy (non-hydrogen) atoms. The zero-order valence-electron chi connectivity index (χ0n) is 44.5. The number of ether oxygens (including phenoxy) is 7. The van der Waals surface area contributed by atoms with E-state index in [-0.39, 0.29) is 34.5 Å². The van der Waals surface area contributed by atoms with E-state index >= 15 is 9.18 Å². The Kier molecular flexibility index (Phi) is 15.8. The predicted molar refractivity (Wildman–Crippen MR) is 265 cm³/mol. The Hall–Kier alpha value is -4.60. The molecule has 0 spiro atoms. The summed E-state index contributed by atoms with van der Waals surface area (Å²) in [7, 11) is -3.18. The third kappa shape index (κ3) is 9.81. The first-order chi connectivity index (χ1) is 34.0. The number of alkyl carbamates (subject to hydrolysis) is 1. The highest BCUT2D eigenvalue weighted by Gasteiger charge is 2.76. The number of aromatic nitrogens is 1. The Labute approximate surface area is 428 Å². The number of pyridine rings is 1. The van der Waals surface area contributed by atoms with Crippen molar-refractivity contribution < 1.29 is 76.5 Å². The molecule has 4 N–H and O–H groups in total. The van der Waals surface area contributed by atoms with Crippen LogP contribution in [0.3, 0.4) is 0 Å². The SMILES string of the molecule is CC(=O)O[C@@]12CO[C@@H]1C=C[C@@]1(C)[C@@H]3O[C@H](C(O)CO)O[C@@H]3C3=C(C)[C@@H](OC(=O)[C@H](O[Si](C(C)C)(C(C)C)C(C)C)[C@@H](NC(=O)OC(C)(C)C)c4ncccc4F)C[C@@](O)([C@@H](OC(=O)c4ccccc4)[C@@H]12)C3(C)C. The highest BCUT2D eigenvalue weighted by molar-refractivity contribution is 6.77. The van der Waals surface area contributed by atoms with E-state index < -0.39 is 140 Å². The number of benzene rings is 1. The van der Waals surface area contributed by atoms with Gasteiger partial charge in [0.15, 0.2) is 18.0 Å². The van der Waals surface area contributed by atoms with E-state index in [1.165, 1.54) is 19.2 Å². The summed E-state index contributed by atoms with van der Waals surface area (Å²) in [4.78, 5) is 62.0. The molecule has 5 aliphatic rings. The van der Waals surface area contributed by atoms with Gasteiger partial charge in [0, 0.05) is 30.4 Å². The van der Waals surface area contributed by atoms with Gasteiger partial charge in [0.1, 0.15) is 65.4 Å². The zero-order valence-corrected chi connectivity index (χ0v) is 45.5. The van der Waals surface area contributed by atoms with Gasteiger partial charge < -0.3 is 58.2 Å². The quantitative estimate of drug-likeness (QED) is 0.0592. The number of aliphatic hydroxyl groups excluding tert-OH is 2. The average Bonchev–Trinajstić information content (AvgIpc) is 3.73. The predicted octanol–water partition coefficient (Wildman–Crippen LogP) is 7.33. The molecule has 1 aromatic heterocycles. The maximum atomic E-state index is 16.3. The van der Waals surface area contributed by atoms with E-state index in [0.717, 1.165) is 6.07 Å². The summed E-state index contributed by atoms with van der Waals surface area (Å²) in [6, 6.07) is 9.08. The molecule has 402 valence electrons. The smallest absolute Gasteiger partial charge is 0.408 e. The van der Waals surface area contributed by atoms with Crippen molar-refractivity contribution in [2.24, 2.45) is 16.7 Å². The maximum Gasteiger partial charge on any atom is 0.408 e. The summed E-state index contributed by atoms with van der Waals surface area (Å²) in [5.41, 5.74) is -7.52. The van der Waals surface area contributed by atoms with Gasteiger partial charge in [0.2, 0.25) is 8.32 Å². The van der Waals surface area contributed by atoms with Crippen LogP contribution in [0, 0.1) is 22.6 Å². The molecule has 2 aliphatic heterocycles. The fraction of sp³-hybridized carbons (Fsp3) is 0.648. The second kappa shape index (κ2) is 20.5. The van der Waals surface area contributed by atoms with Crippen LogP contribution in [0.4, 0.5) is 9.18 Å². The molecule has 3 fully saturated rings. The number of fused-ring (bicyclic) bond motifs is 8. The minimum Gasteiger partial charge on any atom is -0.456 e. The average molecular weight is 1040 g/mol. The van der Waals surface area contributed by atoms with Crippen LogP contribution < -0.4 is 5.32 Å². The number of nitrogens with one attached hydrogen (secondary N) is 1. The van der Waals surface area contributed by atoms with E-state index in [0.29, 0.717) is 11.1 Å². The van der Waals surface area contributed by atoms with Crippen LogP contribution in [0.15, 0.2) is 72.0 Å². The van der Waals surface area contributed by atoms with Gasteiger partial charge in [-0.1, -0.05) is 92.7 Å². The van der Waals surface area contributed by atoms with Crippen molar-refractivity contribution in [3.63, 3.8) is 0 Å². The summed E-state index contributed by atoms with van der Waals surface area (Å²) < 4.78 is 68.3. The highest BCUT2D eigenvalue weighted by Crippen LogP contribution is 2.65. The van der Waals surface area contributed by atoms with Gasteiger partial charge >= 0.3 is 24.0 Å². The number of carbonyl (C=O) groups excluding carboxylic acids is 4. The van der Waals surface area contributed by atoms with Crippen molar-refractivity contribution >= 4 is 32.3 Å². The number of halogens is 1. The minimum atomic E-state index is -3.18. The van der Waals surface area contributed by atoms with Gasteiger partial charge in [0.05, 0.1) is 24.7 Å². The second-order valence-electron chi connectivity index (χ2n) is 23.0. The summed E-state index contributed by atoms with van der Waals surface area (Å²) in [5, 5.41) is 38.4. The topological polar surface area (TPSA) is 228 Å². The number of carbonyl (C=O) groups is 4. The van der Waals surface area contributed by atoms with Crippen molar-refractivity contribution in [2.75, 3.05) is 13.2 Å². The molecule has 2 saturated heterocycles.